The molecule has 5 aromatic rings. The van der Waals surface area contributed by atoms with Crippen LogP contribution in [0, 0.1) is 6.92 Å². The highest BCUT2D eigenvalue weighted by Crippen LogP contribution is 2.33. The summed E-state index contributed by atoms with van der Waals surface area (Å²) in [6.45, 7) is 5.90. The quantitative estimate of drug-likeness (QED) is 0.273. The Bertz CT molecular complexity index is 1710. The first kappa shape index (κ1) is 25.7. The third-order valence-electron chi connectivity index (χ3n) is 6.58. The predicted molar refractivity (Wildman–Crippen MR) is 151 cm³/mol. The van der Waals surface area contributed by atoms with Crippen molar-refractivity contribution in [3.05, 3.63) is 94.5 Å². The first-order valence-corrected chi connectivity index (χ1v) is 12.6. The molecular weight excluding hydrogens is 494 g/mol. The molecule has 0 aliphatic carbocycles. The second-order valence-electron chi connectivity index (χ2n) is 9.11. The highest BCUT2D eigenvalue weighted by Gasteiger charge is 2.18. The molecule has 2 N–H and O–H groups in total. The molecule has 0 saturated heterocycles. The Kier molecular flexibility index (Phi) is 7.14. The number of amides is 1. The summed E-state index contributed by atoms with van der Waals surface area (Å²) in [5.41, 5.74) is 6.07. The van der Waals surface area contributed by atoms with E-state index < -0.39 is 6.09 Å². The van der Waals surface area contributed by atoms with Gasteiger partial charge in [-0.3, -0.25) is 15.1 Å². The Morgan fingerprint density at radius 1 is 1.08 bits per heavy atom. The van der Waals surface area contributed by atoms with E-state index in [1.54, 1.807) is 30.9 Å². The highest BCUT2D eigenvalue weighted by atomic mass is 16.5. The van der Waals surface area contributed by atoms with E-state index in [2.05, 4.69) is 20.3 Å². The molecule has 1 atom stereocenters. The third-order valence-corrected chi connectivity index (χ3v) is 6.58. The van der Waals surface area contributed by atoms with Crippen molar-refractivity contribution in [2.24, 2.45) is 0 Å². The molecule has 0 radical (unpaired) electrons. The van der Waals surface area contributed by atoms with Gasteiger partial charge >= 0.3 is 6.09 Å². The number of ether oxygens (including phenoxy) is 2. The molecule has 39 heavy (non-hydrogen) atoms. The Labute approximate surface area is 225 Å². The fraction of sp³-hybridized carbons (Fsp3) is 0.200. The lowest BCUT2D eigenvalue weighted by atomic mass is 9.99. The predicted octanol–water partition coefficient (Wildman–Crippen LogP) is 5.95. The number of rotatable bonds is 7. The summed E-state index contributed by atoms with van der Waals surface area (Å²) in [6.07, 6.45) is 1.12. The molecule has 0 spiro atoms. The average molecular weight is 524 g/mol. The summed E-state index contributed by atoms with van der Waals surface area (Å²) in [5.74, 6) is 1.00. The Morgan fingerprint density at radius 2 is 1.90 bits per heavy atom. The van der Waals surface area contributed by atoms with Crippen LogP contribution >= 0.6 is 0 Å². The van der Waals surface area contributed by atoms with E-state index in [1.807, 2.05) is 74.5 Å². The number of carbonyl (C=O) groups is 1. The third kappa shape index (κ3) is 5.24. The summed E-state index contributed by atoms with van der Waals surface area (Å²) in [4.78, 5) is 37.7. The van der Waals surface area contributed by atoms with Crippen molar-refractivity contribution >= 4 is 23.1 Å². The van der Waals surface area contributed by atoms with Crippen LogP contribution in [0.2, 0.25) is 0 Å². The van der Waals surface area contributed by atoms with Crippen molar-refractivity contribution in [1.29, 1.82) is 0 Å². The van der Waals surface area contributed by atoms with Gasteiger partial charge in [-0.2, -0.15) is 0 Å². The van der Waals surface area contributed by atoms with Crippen LogP contribution in [0.1, 0.15) is 31.1 Å². The number of imidazole rings is 1. The van der Waals surface area contributed by atoms with E-state index in [0.29, 0.717) is 11.0 Å². The van der Waals surface area contributed by atoms with Gasteiger partial charge in [0, 0.05) is 23.5 Å². The van der Waals surface area contributed by atoms with Crippen molar-refractivity contribution in [3.8, 4) is 28.1 Å². The van der Waals surface area contributed by atoms with E-state index in [9.17, 15) is 9.59 Å². The molecule has 0 aliphatic heterocycles. The summed E-state index contributed by atoms with van der Waals surface area (Å²) < 4.78 is 12.1. The molecule has 5 rings (SSSR count). The second-order valence-corrected chi connectivity index (χ2v) is 9.11. The maximum atomic E-state index is 13.4. The number of pyridine rings is 2. The van der Waals surface area contributed by atoms with Gasteiger partial charge in [-0.25, -0.2) is 9.78 Å². The van der Waals surface area contributed by atoms with Gasteiger partial charge in [-0.15, -0.1) is 0 Å². The smallest absolute Gasteiger partial charge is 0.413 e. The lowest BCUT2D eigenvalue weighted by Crippen LogP contribution is -2.25. The molecule has 9 nitrogen and oxygen atoms in total. The van der Waals surface area contributed by atoms with E-state index in [0.717, 1.165) is 39.4 Å². The molecule has 198 valence electrons. The maximum Gasteiger partial charge on any atom is 0.413 e. The number of methoxy groups -OCH3 is 1. The average Bonchev–Trinajstić information content (AvgIpc) is 3.34. The number of aromatic nitrogens is 4. The largest absolute Gasteiger partial charge is 0.497 e. The summed E-state index contributed by atoms with van der Waals surface area (Å²) in [6, 6.07) is 20.7. The minimum Gasteiger partial charge on any atom is -0.497 e. The first-order chi connectivity index (χ1) is 18.9. The number of aryl methyl sites for hydroxylation is 1. The van der Waals surface area contributed by atoms with Crippen LogP contribution in [-0.4, -0.2) is 39.3 Å². The van der Waals surface area contributed by atoms with Gasteiger partial charge in [0.1, 0.15) is 5.75 Å². The lowest BCUT2D eigenvalue weighted by molar-refractivity contribution is 0.167. The number of hydrogen-bond donors (Lipinski definition) is 2. The van der Waals surface area contributed by atoms with Crippen LogP contribution in [0.4, 0.5) is 10.7 Å². The minimum atomic E-state index is -0.597. The monoisotopic (exact) mass is 523 g/mol. The zero-order valence-corrected chi connectivity index (χ0v) is 22.2. The second kappa shape index (κ2) is 10.8. The molecule has 3 heterocycles. The number of benzene rings is 2. The molecule has 0 bridgehead atoms. The van der Waals surface area contributed by atoms with Crippen LogP contribution in [-0.2, 0) is 4.74 Å². The van der Waals surface area contributed by atoms with Crippen molar-refractivity contribution in [2.75, 3.05) is 19.0 Å². The summed E-state index contributed by atoms with van der Waals surface area (Å²) in [5, 5.41) is 2.62. The van der Waals surface area contributed by atoms with Gasteiger partial charge in [-0.1, -0.05) is 18.2 Å². The zero-order chi connectivity index (χ0) is 27.5. The van der Waals surface area contributed by atoms with Crippen LogP contribution in [0.25, 0.3) is 33.4 Å². The van der Waals surface area contributed by atoms with Gasteiger partial charge in [-0.05, 0) is 79.9 Å². The molecule has 2 aromatic carbocycles. The fourth-order valence-corrected chi connectivity index (χ4v) is 4.75. The number of aromatic amines is 1. The molecule has 0 aliphatic rings. The van der Waals surface area contributed by atoms with Crippen molar-refractivity contribution in [2.45, 2.75) is 26.8 Å². The van der Waals surface area contributed by atoms with Gasteiger partial charge < -0.3 is 19.0 Å². The van der Waals surface area contributed by atoms with Gasteiger partial charge in [0.25, 0.3) is 5.56 Å². The Balaban J connectivity index is 1.60. The number of carbonyl (C=O) groups excluding carboxylic acids is 1. The van der Waals surface area contributed by atoms with E-state index in [-0.39, 0.29) is 24.2 Å². The number of anilines is 1. The van der Waals surface area contributed by atoms with Crippen molar-refractivity contribution < 1.29 is 14.3 Å². The van der Waals surface area contributed by atoms with Crippen LogP contribution in [0.3, 0.4) is 0 Å². The molecule has 0 unspecified atom stereocenters. The molecule has 3 aromatic heterocycles. The summed E-state index contributed by atoms with van der Waals surface area (Å²) in [7, 11) is 1.63. The van der Waals surface area contributed by atoms with Crippen molar-refractivity contribution in [1.82, 2.24) is 19.5 Å². The standard InChI is InChI=1S/C30H29N5O4/c1-5-39-30(37)34-29-32-26-16-22(15-24(28(26)33-29)25-11-6-7-12-31-25)21-13-18(2)35(27(36)17-21)19(3)20-9-8-10-23(14-20)38-4/h6-17,19H,5H2,1-4H3,(H2,32,33,34,37)/t19-/m0/s1. The summed E-state index contributed by atoms with van der Waals surface area (Å²) >= 11 is 0. The number of nitrogens with zero attached hydrogens (tertiary/aromatic N) is 3. The SMILES string of the molecule is CCOC(=O)Nc1nc2c(-c3ccccn3)cc(-c3cc(C)n([C@@H](C)c4cccc(OC)c4)c(=O)c3)cc2[nH]1. The van der Waals surface area contributed by atoms with Crippen LogP contribution in [0.15, 0.2) is 77.7 Å². The number of fused-ring (bicyclic) bond motifs is 1. The van der Waals surface area contributed by atoms with Crippen molar-refractivity contribution in [3.63, 3.8) is 0 Å². The van der Waals surface area contributed by atoms with E-state index >= 15 is 0 Å². The molecule has 0 saturated carbocycles. The number of hydrogen-bond acceptors (Lipinski definition) is 6. The molecule has 1 amide bonds. The van der Waals surface area contributed by atoms with Gasteiger partial charge in [0.2, 0.25) is 5.95 Å². The van der Waals surface area contributed by atoms with Crippen LogP contribution in [0.5, 0.6) is 5.75 Å². The highest BCUT2D eigenvalue weighted by molar-refractivity contribution is 5.97. The first-order valence-electron chi connectivity index (χ1n) is 12.6. The van der Waals surface area contributed by atoms with Gasteiger partial charge in [0.05, 0.1) is 36.5 Å². The number of H-pyrrole nitrogens is 1. The topological polar surface area (TPSA) is 111 Å². The normalized spacial score (nSPS) is 11.8. The molecule has 9 heteroatoms. The lowest BCUT2D eigenvalue weighted by Gasteiger charge is -2.20. The maximum absolute atomic E-state index is 13.4. The van der Waals surface area contributed by atoms with E-state index in [1.165, 1.54) is 0 Å². The van der Waals surface area contributed by atoms with E-state index in [4.69, 9.17) is 9.47 Å². The van der Waals surface area contributed by atoms with Crippen LogP contribution < -0.4 is 15.6 Å². The Morgan fingerprint density at radius 3 is 2.62 bits per heavy atom. The minimum absolute atomic E-state index is 0.117. The van der Waals surface area contributed by atoms with Gasteiger partial charge in [0.15, 0.2) is 0 Å². The Hall–Kier alpha value is -4.92. The number of nitrogens with one attached hydrogen (secondary N) is 2. The molecular formula is C30H29N5O4. The fourth-order valence-electron chi connectivity index (χ4n) is 4.75. The molecule has 0 fully saturated rings. The zero-order valence-electron chi connectivity index (χ0n) is 22.2.